The van der Waals surface area contributed by atoms with Crippen LogP contribution in [0.4, 0.5) is 8.78 Å². The average Bonchev–Trinajstić information content (AvgIpc) is 2.07. The summed E-state index contributed by atoms with van der Waals surface area (Å²) in [6.07, 6.45) is 0. The third kappa shape index (κ3) is 3.12. The molecule has 0 aliphatic heterocycles. The van der Waals surface area contributed by atoms with E-state index in [1.165, 1.54) is 12.1 Å². The van der Waals surface area contributed by atoms with Gasteiger partial charge >= 0.3 is 6.61 Å². The summed E-state index contributed by atoms with van der Waals surface area (Å²) in [4.78, 5) is 0. The van der Waals surface area contributed by atoms with E-state index in [-0.39, 0.29) is 11.6 Å². The Kier molecular flexibility index (Phi) is 3.93. The predicted octanol–water partition coefficient (Wildman–Crippen LogP) is 3.79. The Morgan fingerprint density at radius 1 is 1.46 bits per heavy atom. The van der Waals surface area contributed by atoms with E-state index in [2.05, 4.69) is 20.7 Å². The molecular formula is C8H6BrClF2O. The molecule has 1 aromatic carbocycles. The van der Waals surface area contributed by atoms with Crippen molar-refractivity contribution in [2.45, 2.75) is 12.5 Å². The van der Waals surface area contributed by atoms with Crippen LogP contribution < -0.4 is 4.74 Å². The molecule has 0 saturated heterocycles. The summed E-state index contributed by atoms with van der Waals surface area (Å²) >= 11 is 8.80. The molecule has 0 bridgehead atoms. The summed E-state index contributed by atoms with van der Waals surface area (Å²) < 4.78 is 28.6. The van der Waals surface area contributed by atoms with E-state index in [0.29, 0.717) is 0 Å². The van der Waals surface area contributed by atoms with E-state index in [0.717, 1.165) is 10.0 Å². The first-order valence-corrected chi connectivity index (χ1v) is 4.75. The van der Waals surface area contributed by atoms with Gasteiger partial charge in [-0.25, -0.2) is 0 Å². The second-order valence-corrected chi connectivity index (χ2v) is 3.39. The summed E-state index contributed by atoms with van der Waals surface area (Å²) in [5.74, 6) is 0.370. The van der Waals surface area contributed by atoms with Gasteiger partial charge in [0, 0.05) is 10.4 Å². The monoisotopic (exact) mass is 270 g/mol. The van der Waals surface area contributed by atoms with Crippen LogP contribution in [-0.2, 0) is 5.88 Å². The molecule has 1 aromatic rings. The summed E-state index contributed by atoms with van der Waals surface area (Å²) in [6, 6.07) is 4.55. The van der Waals surface area contributed by atoms with Crippen molar-refractivity contribution < 1.29 is 13.5 Å². The van der Waals surface area contributed by atoms with Gasteiger partial charge in [-0.15, -0.1) is 11.6 Å². The van der Waals surface area contributed by atoms with Gasteiger partial charge in [-0.05, 0) is 23.8 Å². The van der Waals surface area contributed by atoms with Crippen LogP contribution in [0.5, 0.6) is 5.75 Å². The molecular weight excluding hydrogens is 265 g/mol. The molecule has 0 amide bonds. The van der Waals surface area contributed by atoms with Crippen molar-refractivity contribution in [1.29, 1.82) is 0 Å². The largest absolute Gasteiger partial charge is 0.435 e. The normalized spacial score (nSPS) is 10.5. The second kappa shape index (κ2) is 4.77. The zero-order valence-corrected chi connectivity index (χ0v) is 8.78. The number of ether oxygens (including phenoxy) is 1. The molecule has 0 heterocycles. The maximum Gasteiger partial charge on any atom is 0.387 e. The van der Waals surface area contributed by atoms with Crippen LogP contribution in [0.25, 0.3) is 0 Å². The van der Waals surface area contributed by atoms with Crippen LogP contribution in [-0.4, -0.2) is 6.61 Å². The summed E-state index contributed by atoms with van der Waals surface area (Å²) in [5.41, 5.74) is 0.722. The number of alkyl halides is 3. The number of hydrogen-bond acceptors (Lipinski definition) is 1. The van der Waals surface area contributed by atoms with Gasteiger partial charge in [0.25, 0.3) is 0 Å². The summed E-state index contributed by atoms with van der Waals surface area (Å²) in [7, 11) is 0. The molecule has 72 valence electrons. The van der Waals surface area contributed by atoms with Gasteiger partial charge in [0.15, 0.2) is 0 Å². The van der Waals surface area contributed by atoms with E-state index >= 15 is 0 Å². The lowest BCUT2D eigenvalue weighted by molar-refractivity contribution is -0.0498. The Hall–Kier alpha value is -0.350. The van der Waals surface area contributed by atoms with Crippen molar-refractivity contribution in [1.82, 2.24) is 0 Å². The van der Waals surface area contributed by atoms with Gasteiger partial charge in [0.1, 0.15) is 5.75 Å². The fraction of sp³-hybridized carbons (Fsp3) is 0.250. The molecule has 1 nitrogen and oxygen atoms in total. The molecule has 0 spiro atoms. The number of rotatable bonds is 3. The Balaban J connectivity index is 2.86. The van der Waals surface area contributed by atoms with Crippen molar-refractivity contribution in [3.05, 3.63) is 28.2 Å². The van der Waals surface area contributed by atoms with Crippen molar-refractivity contribution >= 4 is 27.5 Å². The quantitative estimate of drug-likeness (QED) is 0.760. The van der Waals surface area contributed by atoms with Gasteiger partial charge in [0.2, 0.25) is 0 Å². The highest BCUT2D eigenvalue weighted by atomic mass is 79.9. The van der Waals surface area contributed by atoms with Gasteiger partial charge < -0.3 is 4.74 Å². The smallest absolute Gasteiger partial charge is 0.387 e. The molecule has 5 heteroatoms. The Bertz CT molecular complexity index is 293. The Morgan fingerprint density at radius 3 is 2.69 bits per heavy atom. The molecule has 0 aliphatic rings. The maximum absolute atomic E-state index is 11.8. The van der Waals surface area contributed by atoms with Crippen LogP contribution in [0, 0.1) is 0 Å². The summed E-state index contributed by atoms with van der Waals surface area (Å²) in [6.45, 7) is -2.80. The number of hydrogen-bond donors (Lipinski definition) is 0. The molecule has 0 saturated carbocycles. The lowest BCUT2D eigenvalue weighted by Crippen LogP contribution is -2.02. The third-order valence-corrected chi connectivity index (χ3v) is 2.45. The van der Waals surface area contributed by atoms with E-state index in [1.54, 1.807) is 6.07 Å². The first-order chi connectivity index (χ1) is 6.13. The minimum atomic E-state index is -2.80. The zero-order valence-electron chi connectivity index (χ0n) is 6.44. The molecule has 0 atom stereocenters. The maximum atomic E-state index is 11.8. The van der Waals surface area contributed by atoms with E-state index in [1.807, 2.05) is 0 Å². The lowest BCUT2D eigenvalue weighted by Gasteiger charge is -2.06. The molecule has 0 unspecified atom stereocenters. The molecule has 0 aliphatic carbocycles. The minimum Gasteiger partial charge on any atom is -0.435 e. The number of benzene rings is 1. The standard InChI is InChI=1S/C8H6BrClF2O/c9-7-2-1-6(13-8(11)12)3-5(7)4-10/h1-3,8H,4H2. The summed E-state index contributed by atoms with van der Waals surface area (Å²) in [5, 5.41) is 0. The molecule has 13 heavy (non-hydrogen) atoms. The number of halogens is 4. The van der Waals surface area contributed by atoms with Gasteiger partial charge in [-0.3, -0.25) is 0 Å². The van der Waals surface area contributed by atoms with Gasteiger partial charge in [-0.2, -0.15) is 8.78 Å². The molecule has 0 radical (unpaired) electrons. The SMILES string of the molecule is FC(F)Oc1ccc(Br)c(CCl)c1. The Morgan fingerprint density at radius 2 is 2.15 bits per heavy atom. The first kappa shape index (κ1) is 10.7. The third-order valence-electron chi connectivity index (χ3n) is 1.39. The van der Waals surface area contributed by atoms with Crippen LogP contribution >= 0.6 is 27.5 Å². The van der Waals surface area contributed by atoms with Crippen molar-refractivity contribution in [2.75, 3.05) is 0 Å². The Labute approximate surface area is 87.8 Å². The van der Waals surface area contributed by atoms with Gasteiger partial charge in [0.05, 0.1) is 0 Å². The van der Waals surface area contributed by atoms with Crippen molar-refractivity contribution in [3.8, 4) is 5.75 Å². The lowest BCUT2D eigenvalue weighted by atomic mass is 10.2. The fourth-order valence-electron chi connectivity index (χ4n) is 0.830. The van der Waals surface area contributed by atoms with Crippen molar-refractivity contribution in [2.24, 2.45) is 0 Å². The highest BCUT2D eigenvalue weighted by Crippen LogP contribution is 2.24. The second-order valence-electron chi connectivity index (χ2n) is 2.27. The molecule has 1 rings (SSSR count). The minimum absolute atomic E-state index is 0.119. The predicted molar refractivity (Wildman–Crippen MR) is 50.3 cm³/mol. The van der Waals surface area contributed by atoms with E-state index in [4.69, 9.17) is 11.6 Å². The highest BCUT2D eigenvalue weighted by Gasteiger charge is 2.06. The van der Waals surface area contributed by atoms with Gasteiger partial charge in [-0.1, -0.05) is 15.9 Å². The van der Waals surface area contributed by atoms with Crippen LogP contribution in [0.3, 0.4) is 0 Å². The van der Waals surface area contributed by atoms with E-state index < -0.39 is 6.61 Å². The van der Waals surface area contributed by atoms with Crippen LogP contribution in [0.15, 0.2) is 22.7 Å². The molecule has 0 N–H and O–H groups in total. The van der Waals surface area contributed by atoms with Crippen molar-refractivity contribution in [3.63, 3.8) is 0 Å². The fourth-order valence-corrected chi connectivity index (χ4v) is 1.60. The molecule has 0 fully saturated rings. The molecule has 0 aromatic heterocycles. The first-order valence-electron chi connectivity index (χ1n) is 3.42. The van der Waals surface area contributed by atoms with Crippen LogP contribution in [0.1, 0.15) is 5.56 Å². The zero-order chi connectivity index (χ0) is 9.84. The highest BCUT2D eigenvalue weighted by molar-refractivity contribution is 9.10. The topological polar surface area (TPSA) is 9.23 Å². The average molecular weight is 271 g/mol. The van der Waals surface area contributed by atoms with Crippen LogP contribution in [0.2, 0.25) is 0 Å². The van der Waals surface area contributed by atoms with E-state index in [9.17, 15) is 8.78 Å².